The van der Waals surface area contributed by atoms with E-state index < -0.39 is 5.82 Å². The molecule has 2 amide bonds. The molecule has 0 radical (unpaired) electrons. The highest BCUT2D eigenvalue weighted by Crippen LogP contribution is 2.40. The predicted octanol–water partition coefficient (Wildman–Crippen LogP) is 1.76. The third-order valence-corrected chi connectivity index (χ3v) is 8.37. The zero-order chi connectivity index (χ0) is 34.0. The van der Waals surface area contributed by atoms with Crippen molar-refractivity contribution in [1.29, 1.82) is 0 Å². The van der Waals surface area contributed by atoms with E-state index in [1.165, 1.54) is 6.07 Å². The molecule has 3 aromatic heterocycles. The number of nitrogens with one attached hydrogen (secondary N) is 3. The van der Waals surface area contributed by atoms with Gasteiger partial charge < -0.3 is 35.5 Å². The fraction of sp³-hybridized carbons (Fsp3) is 0.485. The summed E-state index contributed by atoms with van der Waals surface area (Å²) in [5, 5.41) is 12.8. The molecule has 1 aromatic carbocycles. The van der Waals surface area contributed by atoms with Gasteiger partial charge in [-0.25, -0.2) is 14.4 Å². The second-order valence-electron chi connectivity index (χ2n) is 12.0. The van der Waals surface area contributed by atoms with Crippen LogP contribution in [0.1, 0.15) is 34.8 Å². The molecule has 15 nitrogen and oxygen atoms in total. The van der Waals surface area contributed by atoms with Crippen LogP contribution in [0.2, 0.25) is 0 Å². The second kappa shape index (κ2) is 16.8. The van der Waals surface area contributed by atoms with Gasteiger partial charge in [0, 0.05) is 68.7 Å². The first-order chi connectivity index (χ1) is 24.0. The number of carbonyl (C=O) groups is 2. The van der Waals surface area contributed by atoms with E-state index in [0.29, 0.717) is 96.3 Å². The van der Waals surface area contributed by atoms with E-state index in [1.807, 2.05) is 15.5 Å². The van der Waals surface area contributed by atoms with Crippen LogP contribution in [0.3, 0.4) is 0 Å². The van der Waals surface area contributed by atoms with Gasteiger partial charge in [0.15, 0.2) is 11.5 Å². The molecule has 49 heavy (non-hydrogen) atoms. The summed E-state index contributed by atoms with van der Waals surface area (Å²) in [5.74, 6) is -0.129. The standard InChI is InChI=1S/C33H43FN10O5/c34-26-17-24(33(46)43-9-7-42(8-10-43)22-30(45)36-6-12-48-14-16-49-15-13-47-11-5-35)3-4-27(26)40-31-32-37-20-29(25-18-38-39-19-25)44(32)21-28(41-31)23-1-2-23/h3-4,17-21,23H,1-2,5-16,22,35H2,(H,36,45)(H,38,39)(H,40,41). The monoisotopic (exact) mass is 678 g/mol. The predicted molar refractivity (Wildman–Crippen MR) is 179 cm³/mol. The first-order valence-corrected chi connectivity index (χ1v) is 16.7. The first kappa shape index (κ1) is 34.4. The molecule has 0 bridgehead atoms. The number of aromatic nitrogens is 5. The number of anilines is 2. The van der Waals surface area contributed by atoms with Gasteiger partial charge in [0.25, 0.3) is 5.91 Å². The van der Waals surface area contributed by atoms with E-state index in [0.717, 1.165) is 29.8 Å². The van der Waals surface area contributed by atoms with Crippen molar-refractivity contribution in [2.24, 2.45) is 5.73 Å². The van der Waals surface area contributed by atoms with E-state index in [2.05, 4.69) is 25.8 Å². The van der Waals surface area contributed by atoms with Gasteiger partial charge in [-0.3, -0.25) is 24.0 Å². The lowest BCUT2D eigenvalue weighted by Crippen LogP contribution is -2.51. The lowest BCUT2D eigenvalue weighted by atomic mass is 10.1. The van der Waals surface area contributed by atoms with Crippen molar-refractivity contribution in [1.82, 2.24) is 39.7 Å². The quantitative estimate of drug-likeness (QED) is 0.113. The summed E-state index contributed by atoms with van der Waals surface area (Å²) in [6.45, 7) is 5.82. The Labute approximate surface area is 283 Å². The number of fused-ring (bicyclic) bond motifs is 1. The van der Waals surface area contributed by atoms with Crippen molar-refractivity contribution in [3.8, 4) is 11.3 Å². The average molecular weight is 679 g/mol. The Balaban J connectivity index is 0.952. The number of aromatic amines is 1. The van der Waals surface area contributed by atoms with Gasteiger partial charge in [-0.05, 0) is 31.0 Å². The van der Waals surface area contributed by atoms with Crippen LogP contribution in [0.4, 0.5) is 15.9 Å². The maximum Gasteiger partial charge on any atom is 0.254 e. The number of ether oxygens (including phenoxy) is 3. The number of nitrogens with zero attached hydrogens (tertiary/aromatic N) is 6. The Bertz CT molecular complexity index is 1690. The molecular weight excluding hydrogens is 635 g/mol. The summed E-state index contributed by atoms with van der Waals surface area (Å²) in [6, 6.07) is 4.42. The second-order valence-corrected chi connectivity index (χ2v) is 12.0. The van der Waals surface area contributed by atoms with Crippen molar-refractivity contribution in [2.75, 3.05) is 90.8 Å². The van der Waals surface area contributed by atoms with E-state index in [-0.39, 0.29) is 29.6 Å². The molecule has 16 heteroatoms. The molecular formula is C33H43FN10O5. The van der Waals surface area contributed by atoms with E-state index >= 15 is 4.39 Å². The number of imidazole rings is 1. The molecule has 2 fully saturated rings. The molecule has 4 heterocycles. The van der Waals surface area contributed by atoms with Crippen LogP contribution < -0.4 is 16.4 Å². The number of amides is 2. The number of nitrogens with two attached hydrogens (primary N) is 1. The molecule has 2 aliphatic rings. The lowest BCUT2D eigenvalue weighted by Gasteiger charge is -2.34. The van der Waals surface area contributed by atoms with Crippen molar-refractivity contribution < 1.29 is 28.2 Å². The Kier molecular flexibility index (Phi) is 11.8. The summed E-state index contributed by atoms with van der Waals surface area (Å²) >= 11 is 0. The highest BCUT2D eigenvalue weighted by molar-refractivity contribution is 5.95. The Morgan fingerprint density at radius 3 is 2.45 bits per heavy atom. The summed E-state index contributed by atoms with van der Waals surface area (Å²) in [6.07, 6.45) is 9.36. The summed E-state index contributed by atoms with van der Waals surface area (Å²) in [4.78, 5) is 38.7. The number of halogens is 1. The van der Waals surface area contributed by atoms with Crippen molar-refractivity contribution in [3.05, 3.63) is 60.1 Å². The highest BCUT2D eigenvalue weighted by atomic mass is 19.1. The van der Waals surface area contributed by atoms with E-state index in [4.69, 9.17) is 24.9 Å². The van der Waals surface area contributed by atoms with Gasteiger partial charge in [-0.1, -0.05) is 0 Å². The third kappa shape index (κ3) is 9.16. The Morgan fingerprint density at radius 1 is 1.00 bits per heavy atom. The number of benzene rings is 1. The number of H-pyrrole nitrogens is 1. The summed E-state index contributed by atoms with van der Waals surface area (Å²) < 4.78 is 33.5. The average Bonchev–Trinajstić information content (AvgIpc) is 3.64. The normalized spacial score (nSPS) is 15.2. The van der Waals surface area contributed by atoms with Gasteiger partial charge in [0.1, 0.15) is 5.82 Å². The number of hydrogen-bond donors (Lipinski definition) is 4. The minimum atomic E-state index is -0.566. The first-order valence-electron chi connectivity index (χ1n) is 16.7. The topological polar surface area (TPSA) is 177 Å². The molecule has 6 rings (SSSR count). The Hall–Kier alpha value is -4.48. The van der Waals surface area contributed by atoms with Gasteiger partial charge >= 0.3 is 0 Å². The SMILES string of the molecule is NCCOCCOCCOCCNC(=O)CN1CCN(C(=O)c2ccc(Nc3nc(C4CC4)cn4c(-c5cn[nH]c5)cnc34)c(F)c2)CC1. The molecule has 0 spiro atoms. The molecule has 5 N–H and O–H groups in total. The number of hydrogen-bond acceptors (Lipinski definition) is 11. The van der Waals surface area contributed by atoms with Gasteiger partial charge in [-0.15, -0.1) is 0 Å². The number of piperazine rings is 1. The zero-order valence-electron chi connectivity index (χ0n) is 27.4. The fourth-order valence-corrected chi connectivity index (χ4v) is 5.59. The minimum absolute atomic E-state index is 0.107. The van der Waals surface area contributed by atoms with E-state index in [1.54, 1.807) is 35.6 Å². The van der Waals surface area contributed by atoms with Gasteiger partial charge in [0.05, 0.1) is 75.7 Å². The van der Waals surface area contributed by atoms with Crippen LogP contribution >= 0.6 is 0 Å². The molecule has 4 aromatic rings. The molecule has 1 aliphatic carbocycles. The maximum atomic E-state index is 15.4. The molecule has 0 unspecified atom stereocenters. The minimum Gasteiger partial charge on any atom is -0.378 e. The van der Waals surface area contributed by atoms with Crippen molar-refractivity contribution >= 4 is 29.0 Å². The number of carbonyl (C=O) groups excluding carboxylic acids is 2. The van der Waals surface area contributed by atoms with Crippen LogP contribution in [-0.4, -0.2) is 132 Å². The largest absolute Gasteiger partial charge is 0.378 e. The van der Waals surface area contributed by atoms with Crippen LogP contribution in [-0.2, 0) is 19.0 Å². The highest BCUT2D eigenvalue weighted by Gasteiger charge is 2.28. The Morgan fingerprint density at radius 2 is 1.76 bits per heavy atom. The van der Waals surface area contributed by atoms with Crippen molar-refractivity contribution in [2.45, 2.75) is 18.8 Å². The molecule has 1 saturated carbocycles. The van der Waals surface area contributed by atoms with E-state index in [9.17, 15) is 9.59 Å². The van der Waals surface area contributed by atoms with Crippen LogP contribution in [0.25, 0.3) is 16.9 Å². The smallest absolute Gasteiger partial charge is 0.254 e. The zero-order valence-corrected chi connectivity index (χ0v) is 27.4. The maximum absolute atomic E-state index is 15.4. The van der Waals surface area contributed by atoms with Gasteiger partial charge in [-0.2, -0.15) is 5.10 Å². The molecule has 1 aliphatic heterocycles. The molecule has 0 atom stereocenters. The third-order valence-electron chi connectivity index (χ3n) is 8.37. The van der Waals surface area contributed by atoms with Gasteiger partial charge in [0.2, 0.25) is 5.91 Å². The van der Waals surface area contributed by atoms with Crippen molar-refractivity contribution in [3.63, 3.8) is 0 Å². The van der Waals surface area contributed by atoms with Crippen LogP contribution in [0, 0.1) is 5.82 Å². The molecule has 262 valence electrons. The fourth-order valence-electron chi connectivity index (χ4n) is 5.59. The summed E-state index contributed by atoms with van der Waals surface area (Å²) in [5.41, 5.74) is 9.01. The summed E-state index contributed by atoms with van der Waals surface area (Å²) in [7, 11) is 0. The lowest BCUT2D eigenvalue weighted by molar-refractivity contribution is -0.122. The number of rotatable bonds is 18. The molecule has 1 saturated heterocycles. The van der Waals surface area contributed by atoms with Crippen LogP contribution in [0.5, 0.6) is 0 Å². The van der Waals surface area contributed by atoms with Crippen LogP contribution in [0.15, 0.2) is 43.0 Å².